The standard InChI is InChI=1S/C18H34N/c1-3-7-11-15-19-16-12-8-4-2-6-10-14-18(17-19)13-9-5-1/h7,18H,1-6,8-17H2. The minimum absolute atomic E-state index is 0.996. The molecule has 0 aromatic heterocycles. The number of nitrogens with zero attached hydrogens (tertiary/aromatic N) is 1. The minimum Gasteiger partial charge on any atom is -0.303 e. The first-order valence-electron chi connectivity index (χ1n) is 8.99. The van der Waals surface area contributed by atoms with Gasteiger partial charge in [-0.15, -0.1) is 0 Å². The Morgan fingerprint density at radius 2 is 1.32 bits per heavy atom. The van der Waals surface area contributed by atoms with Gasteiger partial charge in [-0.25, -0.2) is 0 Å². The van der Waals surface area contributed by atoms with Crippen LogP contribution >= 0.6 is 0 Å². The summed E-state index contributed by atoms with van der Waals surface area (Å²) in [5.41, 5.74) is 0. The van der Waals surface area contributed by atoms with E-state index in [9.17, 15) is 0 Å². The number of rotatable bonds is 0. The van der Waals surface area contributed by atoms with Crippen LogP contribution in [0.3, 0.4) is 0 Å². The topological polar surface area (TPSA) is 3.24 Å². The van der Waals surface area contributed by atoms with Gasteiger partial charge in [0.25, 0.3) is 0 Å². The van der Waals surface area contributed by atoms with Crippen LogP contribution in [0.5, 0.6) is 0 Å². The molecule has 0 aromatic rings. The van der Waals surface area contributed by atoms with Gasteiger partial charge in [-0.1, -0.05) is 57.8 Å². The summed E-state index contributed by atoms with van der Waals surface area (Å²) >= 11 is 0. The fraction of sp³-hybridized carbons (Fsp3) is 0.944. The van der Waals surface area contributed by atoms with Crippen LogP contribution in [-0.2, 0) is 0 Å². The third-order valence-electron chi connectivity index (χ3n) is 5.02. The molecule has 0 aliphatic carbocycles. The normalized spacial score (nSPS) is 32.8. The molecule has 2 heterocycles. The van der Waals surface area contributed by atoms with E-state index in [-0.39, 0.29) is 0 Å². The van der Waals surface area contributed by atoms with Crippen LogP contribution in [-0.4, -0.2) is 24.5 Å². The molecule has 0 spiro atoms. The molecule has 0 amide bonds. The highest BCUT2D eigenvalue weighted by atomic mass is 15.1. The Kier molecular flexibility index (Phi) is 7.92. The van der Waals surface area contributed by atoms with Gasteiger partial charge in [-0.2, -0.15) is 0 Å². The summed E-state index contributed by atoms with van der Waals surface area (Å²) in [7, 11) is 0. The summed E-state index contributed by atoms with van der Waals surface area (Å²) in [5.74, 6) is 0.996. The van der Waals surface area contributed by atoms with E-state index in [1.54, 1.807) is 0 Å². The van der Waals surface area contributed by atoms with Crippen LogP contribution in [0.25, 0.3) is 0 Å². The molecule has 2 unspecified atom stereocenters. The number of hydrogen-bond acceptors (Lipinski definition) is 1. The molecule has 2 aliphatic rings. The lowest BCUT2D eigenvalue weighted by Gasteiger charge is -2.27. The zero-order valence-corrected chi connectivity index (χ0v) is 12.9. The van der Waals surface area contributed by atoms with Crippen LogP contribution in [0.15, 0.2) is 0 Å². The second kappa shape index (κ2) is 9.80. The van der Waals surface area contributed by atoms with Crippen molar-refractivity contribution in [1.29, 1.82) is 0 Å². The molecule has 0 saturated carbocycles. The van der Waals surface area contributed by atoms with E-state index >= 15 is 0 Å². The molecule has 111 valence electrons. The molecule has 2 aliphatic heterocycles. The zero-order chi connectivity index (χ0) is 13.2. The first-order valence-corrected chi connectivity index (χ1v) is 8.99. The van der Waals surface area contributed by atoms with E-state index in [0.29, 0.717) is 0 Å². The molecule has 2 rings (SSSR count). The Bertz CT molecular complexity index is 172. The van der Waals surface area contributed by atoms with Crippen molar-refractivity contribution in [2.24, 2.45) is 5.92 Å². The number of hydrogen-bond donors (Lipinski definition) is 0. The fourth-order valence-electron chi connectivity index (χ4n) is 3.78. The van der Waals surface area contributed by atoms with E-state index < -0.39 is 0 Å². The van der Waals surface area contributed by atoms with Gasteiger partial charge in [0.2, 0.25) is 0 Å². The average Bonchev–Trinajstić information content (AvgIpc) is 2.50. The Morgan fingerprint density at radius 3 is 2.16 bits per heavy atom. The van der Waals surface area contributed by atoms with Crippen molar-refractivity contribution in [3.63, 3.8) is 0 Å². The Hall–Kier alpha value is -0.0400. The molecule has 2 fully saturated rings. The van der Waals surface area contributed by atoms with Crippen LogP contribution in [0.2, 0.25) is 0 Å². The largest absolute Gasteiger partial charge is 0.303 e. The van der Waals surface area contributed by atoms with Gasteiger partial charge >= 0.3 is 0 Å². The van der Waals surface area contributed by atoms with E-state index in [1.165, 1.54) is 103 Å². The molecule has 0 N–H and O–H groups in total. The van der Waals surface area contributed by atoms with Gasteiger partial charge in [-0.05, 0) is 51.1 Å². The highest BCUT2D eigenvalue weighted by Crippen LogP contribution is 2.23. The average molecular weight is 264 g/mol. The van der Waals surface area contributed by atoms with Crippen LogP contribution < -0.4 is 0 Å². The van der Waals surface area contributed by atoms with Crippen molar-refractivity contribution in [3.8, 4) is 0 Å². The highest BCUT2D eigenvalue weighted by Gasteiger charge is 2.15. The molecular weight excluding hydrogens is 230 g/mol. The minimum atomic E-state index is 0.996. The lowest BCUT2D eigenvalue weighted by Crippen LogP contribution is -2.31. The van der Waals surface area contributed by atoms with E-state index in [1.807, 2.05) is 0 Å². The van der Waals surface area contributed by atoms with Gasteiger partial charge in [0, 0.05) is 6.54 Å². The fourth-order valence-corrected chi connectivity index (χ4v) is 3.78. The van der Waals surface area contributed by atoms with E-state index in [2.05, 4.69) is 11.3 Å². The summed E-state index contributed by atoms with van der Waals surface area (Å²) < 4.78 is 0. The van der Waals surface area contributed by atoms with Crippen molar-refractivity contribution in [2.45, 2.75) is 83.5 Å². The smallest absolute Gasteiger partial charge is 0.000966 e. The maximum atomic E-state index is 2.79. The quantitative estimate of drug-likeness (QED) is 0.580. The maximum Gasteiger partial charge on any atom is 0.000966 e. The third kappa shape index (κ3) is 6.79. The third-order valence-corrected chi connectivity index (χ3v) is 5.02. The molecule has 2 bridgehead atoms. The zero-order valence-electron chi connectivity index (χ0n) is 12.9. The van der Waals surface area contributed by atoms with E-state index in [0.717, 1.165) is 5.92 Å². The van der Waals surface area contributed by atoms with Gasteiger partial charge in [0.15, 0.2) is 0 Å². The summed E-state index contributed by atoms with van der Waals surface area (Å²) in [4.78, 5) is 2.79. The first kappa shape index (κ1) is 15.4. The van der Waals surface area contributed by atoms with Gasteiger partial charge in [-0.3, -0.25) is 0 Å². The molecular formula is C18H34N. The molecule has 2 atom stereocenters. The van der Waals surface area contributed by atoms with Crippen LogP contribution in [0.4, 0.5) is 0 Å². The number of fused-ring (bicyclic) bond motifs is 2. The SMILES string of the molecule is [CH]1CCCCCC2CCCCCCCCN(CC1)C2. The van der Waals surface area contributed by atoms with Gasteiger partial charge in [0.1, 0.15) is 0 Å². The Balaban J connectivity index is 1.88. The first-order chi connectivity index (χ1) is 9.45. The molecule has 1 nitrogen and oxygen atoms in total. The van der Waals surface area contributed by atoms with Crippen molar-refractivity contribution >= 4 is 0 Å². The second-order valence-corrected chi connectivity index (χ2v) is 6.79. The van der Waals surface area contributed by atoms with Crippen molar-refractivity contribution in [1.82, 2.24) is 4.90 Å². The lowest BCUT2D eigenvalue weighted by molar-refractivity contribution is 0.214. The monoisotopic (exact) mass is 264 g/mol. The molecule has 19 heavy (non-hydrogen) atoms. The predicted octanol–water partition coefficient (Wildman–Crippen LogP) is 5.21. The summed E-state index contributed by atoms with van der Waals surface area (Å²) in [6.45, 7) is 4.09. The second-order valence-electron chi connectivity index (χ2n) is 6.79. The molecule has 1 heteroatoms. The van der Waals surface area contributed by atoms with Gasteiger partial charge in [0.05, 0.1) is 0 Å². The summed E-state index contributed by atoms with van der Waals surface area (Å²) in [6, 6.07) is 0. The van der Waals surface area contributed by atoms with E-state index in [4.69, 9.17) is 0 Å². The molecule has 2 saturated heterocycles. The van der Waals surface area contributed by atoms with Crippen LogP contribution in [0, 0.1) is 12.3 Å². The van der Waals surface area contributed by atoms with Crippen molar-refractivity contribution < 1.29 is 0 Å². The maximum absolute atomic E-state index is 2.79. The lowest BCUT2D eigenvalue weighted by atomic mass is 9.94. The highest BCUT2D eigenvalue weighted by molar-refractivity contribution is 4.74. The van der Waals surface area contributed by atoms with Crippen LogP contribution in [0.1, 0.15) is 83.5 Å². The Labute approximate surface area is 121 Å². The van der Waals surface area contributed by atoms with Crippen molar-refractivity contribution in [2.75, 3.05) is 19.6 Å². The molecule has 0 aromatic carbocycles. The van der Waals surface area contributed by atoms with Crippen molar-refractivity contribution in [3.05, 3.63) is 6.42 Å². The Morgan fingerprint density at radius 1 is 0.632 bits per heavy atom. The summed E-state index contributed by atoms with van der Waals surface area (Å²) in [5, 5.41) is 0. The predicted molar refractivity (Wildman–Crippen MR) is 84.3 cm³/mol. The molecule has 1 radical (unpaired) electrons. The summed E-state index contributed by atoms with van der Waals surface area (Å²) in [6.07, 6.45) is 21.5. The van der Waals surface area contributed by atoms with Gasteiger partial charge < -0.3 is 4.90 Å².